The minimum absolute atomic E-state index is 0.00259. The summed E-state index contributed by atoms with van der Waals surface area (Å²) in [6, 6.07) is 7.64. The quantitative estimate of drug-likeness (QED) is 0.685. The van der Waals surface area contributed by atoms with Gasteiger partial charge in [-0.2, -0.15) is 0 Å². The summed E-state index contributed by atoms with van der Waals surface area (Å²) in [6.45, 7) is 5.98. The van der Waals surface area contributed by atoms with E-state index in [0.29, 0.717) is 25.8 Å². The van der Waals surface area contributed by atoms with Crippen molar-refractivity contribution in [3.63, 3.8) is 0 Å². The first-order valence-corrected chi connectivity index (χ1v) is 7.95. The van der Waals surface area contributed by atoms with E-state index < -0.39 is 0 Å². The van der Waals surface area contributed by atoms with Crippen molar-refractivity contribution in [3.8, 4) is 0 Å². The van der Waals surface area contributed by atoms with E-state index in [1.54, 1.807) is 4.90 Å². The van der Waals surface area contributed by atoms with Crippen LogP contribution in [0.3, 0.4) is 0 Å². The number of benzene rings is 1. The normalized spacial score (nSPS) is 10.3. The number of hydrogen-bond acceptors (Lipinski definition) is 3. The molecule has 0 radical (unpaired) electrons. The minimum Gasteiger partial charge on any atom is -0.399 e. The molecule has 0 aliphatic heterocycles. The predicted octanol–water partition coefficient (Wildman–Crippen LogP) is 1.97. The van der Waals surface area contributed by atoms with Crippen LogP contribution in [0, 0.1) is 0 Å². The number of rotatable bonds is 9. The van der Waals surface area contributed by atoms with Crippen molar-refractivity contribution in [1.29, 1.82) is 0 Å². The highest BCUT2D eigenvalue weighted by atomic mass is 16.2. The largest absolute Gasteiger partial charge is 0.399 e. The van der Waals surface area contributed by atoms with Crippen molar-refractivity contribution in [2.75, 3.05) is 25.4 Å². The van der Waals surface area contributed by atoms with Gasteiger partial charge in [-0.1, -0.05) is 12.1 Å². The summed E-state index contributed by atoms with van der Waals surface area (Å²) in [5, 5.41) is 2.88. The molecule has 5 nitrogen and oxygen atoms in total. The van der Waals surface area contributed by atoms with Crippen molar-refractivity contribution in [2.45, 2.75) is 39.5 Å². The van der Waals surface area contributed by atoms with Gasteiger partial charge in [0.15, 0.2) is 0 Å². The maximum absolute atomic E-state index is 11.8. The molecular formula is C17H27N3O2. The van der Waals surface area contributed by atoms with E-state index in [-0.39, 0.29) is 11.8 Å². The monoisotopic (exact) mass is 305 g/mol. The van der Waals surface area contributed by atoms with Crippen LogP contribution < -0.4 is 11.1 Å². The van der Waals surface area contributed by atoms with E-state index in [1.807, 2.05) is 38.1 Å². The van der Waals surface area contributed by atoms with Crippen molar-refractivity contribution in [1.82, 2.24) is 10.2 Å². The van der Waals surface area contributed by atoms with Crippen molar-refractivity contribution in [3.05, 3.63) is 29.8 Å². The Morgan fingerprint density at radius 2 is 1.73 bits per heavy atom. The molecule has 0 aliphatic rings. The average molecular weight is 305 g/mol. The SMILES string of the molecule is CCN(CC)C(=O)CCCC(=O)NCCc1ccc(N)cc1. The Morgan fingerprint density at radius 3 is 2.32 bits per heavy atom. The highest BCUT2D eigenvalue weighted by molar-refractivity contribution is 5.78. The standard InChI is InChI=1S/C17H27N3O2/c1-3-20(4-2)17(22)7-5-6-16(21)19-13-12-14-8-10-15(18)11-9-14/h8-11H,3-7,12-13,18H2,1-2H3,(H,19,21). The van der Waals surface area contributed by atoms with Crippen LogP contribution >= 0.6 is 0 Å². The van der Waals surface area contributed by atoms with E-state index in [0.717, 1.165) is 30.8 Å². The third-order valence-electron chi connectivity index (χ3n) is 3.63. The summed E-state index contributed by atoms with van der Waals surface area (Å²) in [4.78, 5) is 25.3. The molecule has 0 atom stereocenters. The van der Waals surface area contributed by atoms with Crippen LogP contribution in [-0.2, 0) is 16.0 Å². The molecule has 122 valence electrons. The summed E-state index contributed by atoms with van der Waals surface area (Å²) in [7, 11) is 0. The molecular weight excluding hydrogens is 278 g/mol. The molecule has 3 N–H and O–H groups in total. The molecule has 5 heteroatoms. The van der Waals surface area contributed by atoms with Crippen LogP contribution in [0.15, 0.2) is 24.3 Å². The number of carbonyl (C=O) groups excluding carboxylic acids is 2. The molecule has 22 heavy (non-hydrogen) atoms. The van der Waals surface area contributed by atoms with Crippen molar-refractivity contribution >= 4 is 17.5 Å². The maximum atomic E-state index is 11.8. The first kappa shape index (κ1) is 18.0. The minimum atomic E-state index is 0.00259. The highest BCUT2D eigenvalue weighted by Gasteiger charge is 2.10. The van der Waals surface area contributed by atoms with Gasteiger partial charge in [0.05, 0.1) is 0 Å². The van der Waals surface area contributed by atoms with E-state index >= 15 is 0 Å². The van der Waals surface area contributed by atoms with Gasteiger partial charge in [-0.05, 0) is 44.4 Å². The fraction of sp³-hybridized carbons (Fsp3) is 0.529. The summed E-state index contributed by atoms with van der Waals surface area (Å²) in [5.41, 5.74) is 7.51. The van der Waals surface area contributed by atoms with Gasteiger partial charge in [-0.25, -0.2) is 0 Å². The number of carbonyl (C=O) groups is 2. The second-order valence-electron chi connectivity index (χ2n) is 5.26. The Balaban J connectivity index is 2.16. The van der Waals surface area contributed by atoms with Gasteiger partial charge in [0.1, 0.15) is 0 Å². The fourth-order valence-corrected chi connectivity index (χ4v) is 2.25. The molecule has 0 spiro atoms. The highest BCUT2D eigenvalue weighted by Crippen LogP contribution is 2.05. The first-order valence-electron chi connectivity index (χ1n) is 7.95. The number of anilines is 1. The lowest BCUT2D eigenvalue weighted by molar-refractivity contribution is -0.131. The molecule has 0 bridgehead atoms. The number of nitrogens with two attached hydrogens (primary N) is 1. The van der Waals surface area contributed by atoms with Crippen molar-refractivity contribution < 1.29 is 9.59 Å². The van der Waals surface area contributed by atoms with Gasteiger partial charge in [0.2, 0.25) is 11.8 Å². The fourth-order valence-electron chi connectivity index (χ4n) is 2.25. The van der Waals surface area contributed by atoms with Gasteiger partial charge in [-0.3, -0.25) is 9.59 Å². The summed E-state index contributed by atoms with van der Waals surface area (Å²) < 4.78 is 0. The molecule has 2 amide bonds. The molecule has 1 rings (SSSR count). The van der Waals surface area contributed by atoms with Crippen molar-refractivity contribution in [2.24, 2.45) is 0 Å². The van der Waals surface area contributed by atoms with Crippen LogP contribution in [0.5, 0.6) is 0 Å². The molecule has 1 aromatic carbocycles. The number of hydrogen-bond donors (Lipinski definition) is 2. The zero-order chi connectivity index (χ0) is 16.4. The summed E-state index contributed by atoms with van der Waals surface area (Å²) in [5.74, 6) is 0.127. The lowest BCUT2D eigenvalue weighted by atomic mass is 10.1. The molecule has 0 heterocycles. The molecule has 0 aromatic heterocycles. The molecule has 1 aromatic rings. The maximum Gasteiger partial charge on any atom is 0.222 e. The zero-order valence-corrected chi connectivity index (χ0v) is 13.6. The zero-order valence-electron chi connectivity index (χ0n) is 13.6. The van der Waals surface area contributed by atoms with Crippen LogP contribution in [0.25, 0.3) is 0 Å². The van der Waals surface area contributed by atoms with Crippen LogP contribution in [0.4, 0.5) is 5.69 Å². The molecule has 0 aliphatic carbocycles. The molecule has 0 fully saturated rings. The predicted molar refractivity (Wildman–Crippen MR) is 89.3 cm³/mol. The van der Waals surface area contributed by atoms with Gasteiger partial charge in [0.25, 0.3) is 0 Å². The van der Waals surface area contributed by atoms with E-state index in [1.165, 1.54) is 0 Å². The summed E-state index contributed by atoms with van der Waals surface area (Å²) in [6.07, 6.45) is 2.22. The van der Waals surface area contributed by atoms with E-state index in [4.69, 9.17) is 5.73 Å². The third-order valence-corrected chi connectivity index (χ3v) is 3.63. The number of nitrogen functional groups attached to an aromatic ring is 1. The Kier molecular flexibility index (Phi) is 8.04. The molecule has 0 saturated heterocycles. The molecule has 0 unspecified atom stereocenters. The summed E-state index contributed by atoms with van der Waals surface area (Å²) >= 11 is 0. The lowest BCUT2D eigenvalue weighted by Gasteiger charge is -2.18. The number of amides is 2. The van der Waals surface area contributed by atoms with Gasteiger partial charge >= 0.3 is 0 Å². The topological polar surface area (TPSA) is 75.4 Å². The third kappa shape index (κ3) is 6.61. The Hall–Kier alpha value is -2.04. The first-order chi connectivity index (χ1) is 10.6. The van der Waals surface area contributed by atoms with Gasteiger partial charge in [-0.15, -0.1) is 0 Å². The van der Waals surface area contributed by atoms with Crippen LogP contribution in [0.1, 0.15) is 38.7 Å². The number of nitrogens with zero attached hydrogens (tertiary/aromatic N) is 1. The van der Waals surface area contributed by atoms with E-state index in [2.05, 4.69) is 5.32 Å². The van der Waals surface area contributed by atoms with Crippen LogP contribution in [0.2, 0.25) is 0 Å². The number of nitrogens with one attached hydrogen (secondary N) is 1. The smallest absolute Gasteiger partial charge is 0.222 e. The molecule has 0 saturated carbocycles. The van der Waals surface area contributed by atoms with Crippen LogP contribution in [-0.4, -0.2) is 36.3 Å². The van der Waals surface area contributed by atoms with Gasteiger partial charge < -0.3 is 16.0 Å². The Labute approximate surface area is 132 Å². The van der Waals surface area contributed by atoms with E-state index in [9.17, 15) is 9.59 Å². The second-order valence-corrected chi connectivity index (χ2v) is 5.26. The Morgan fingerprint density at radius 1 is 1.09 bits per heavy atom. The average Bonchev–Trinajstić information content (AvgIpc) is 2.50. The second kappa shape index (κ2) is 9.82. The lowest BCUT2D eigenvalue weighted by Crippen LogP contribution is -2.31. The van der Waals surface area contributed by atoms with Gasteiger partial charge in [0, 0.05) is 38.2 Å². The Bertz CT molecular complexity index is 467.